The number of hydrogen-bond donors (Lipinski definition) is 0. The number of fused-ring (bicyclic) bond motifs is 2. The van der Waals surface area contributed by atoms with Gasteiger partial charge in [-0.25, -0.2) is 4.98 Å². The van der Waals surface area contributed by atoms with Crippen LogP contribution in [0, 0.1) is 34.6 Å². The van der Waals surface area contributed by atoms with Crippen LogP contribution in [-0.2, 0) is 36.7 Å². The van der Waals surface area contributed by atoms with Crippen molar-refractivity contribution in [3.63, 3.8) is 0 Å². The van der Waals surface area contributed by atoms with Gasteiger partial charge < -0.3 is 4.98 Å². The van der Waals surface area contributed by atoms with Crippen LogP contribution in [0.2, 0.25) is 0 Å². The van der Waals surface area contributed by atoms with Crippen molar-refractivity contribution < 1.29 is 25.8 Å². The predicted molar refractivity (Wildman–Crippen MR) is 241 cm³/mol. The van der Waals surface area contributed by atoms with Crippen molar-refractivity contribution in [3.8, 4) is 22.0 Å². The molecular weight excluding hydrogens is 863 g/mol. The van der Waals surface area contributed by atoms with Crippen LogP contribution in [0.5, 0.6) is 0 Å². The molecule has 0 aliphatic rings. The molecule has 0 fully saturated rings. The smallest absolute Gasteiger partial charge is 0.655 e. The number of aromatic nitrogens is 2. The molecule has 56 heavy (non-hydrogen) atoms. The van der Waals surface area contributed by atoms with Gasteiger partial charge in [0.25, 0.3) is 0 Å². The predicted octanol–water partition coefficient (Wildman–Crippen LogP) is 14.6. The van der Waals surface area contributed by atoms with E-state index in [1.807, 2.05) is 91.0 Å². The third-order valence-electron chi connectivity index (χ3n) is 9.36. The third-order valence-corrected chi connectivity index (χ3v) is 10.5. The summed E-state index contributed by atoms with van der Waals surface area (Å²) < 4.78 is 0. The Kier molecular flexibility index (Phi) is 15.2. The minimum Gasteiger partial charge on any atom is -0.655 e. The second-order valence-electron chi connectivity index (χ2n) is 16.0. The maximum Gasteiger partial charge on any atom is 4.00 e. The van der Waals surface area contributed by atoms with E-state index in [0.717, 1.165) is 38.8 Å². The molecule has 8 rings (SSSR count). The first-order valence-electron chi connectivity index (χ1n) is 18.8. The molecule has 2 heterocycles. The molecule has 0 N–H and O–H groups in total. The van der Waals surface area contributed by atoms with Gasteiger partial charge in [0.2, 0.25) is 0 Å². The number of hydrogen-bond acceptors (Lipinski definition) is 2. The number of aryl methyl sites for hydroxylation is 2. The van der Waals surface area contributed by atoms with Crippen molar-refractivity contribution in [2.24, 2.45) is 0 Å². The fourth-order valence-corrected chi connectivity index (χ4v) is 6.85. The van der Waals surface area contributed by atoms with E-state index in [0.29, 0.717) is 0 Å². The van der Waals surface area contributed by atoms with Crippen LogP contribution in [0.3, 0.4) is 0 Å². The molecule has 0 saturated heterocycles. The molecule has 0 spiro atoms. The van der Waals surface area contributed by atoms with E-state index in [1.165, 1.54) is 43.1 Å². The Morgan fingerprint density at radius 2 is 0.964 bits per heavy atom. The van der Waals surface area contributed by atoms with Gasteiger partial charge in [0.05, 0.1) is 5.69 Å². The van der Waals surface area contributed by atoms with Gasteiger partial charge in [-0.1, -0.05) is 114 Å². The molecular formula is C52H54HfN2S. The van der Waals surface area contributed by atoms with Gasteiger partial charge in [0.1, 0.15) is 5.01 Å². The Hall–Kier alpha value is -4.77. The molecule has 282 valence electrons. The standard InChI is InChI=1S/C31H33N2S.3C7H7.Hf/c1-18-19(2)34-29(32-18)27-14-13-26(33-27)28-24-12-11-22(30(3,4)5)16-21(24)15-20-9-10-23(17-25(20)28)31(6,7)8;3*1-7-5-3-2-4-6-7;/h9-17H,1-8H3;3*2-6H,1H2;/q4*-1;+4. The van der Waals surface area contributed by atoms with Gasteiger partial charge in [-0.15, -0.1) is 53.4 Å². The summed E-state index contributed by atoms with van der Waals surface area (Å²) >= 11 is 1.72. The van der Waals surface area contributed by atoms with Crippen molar-refractivity contribution in [1.29, 1.82) is 0 Å². The summed E-state index contributed by atoms with van der Waals surface area (Å²) in [7, 11) is 0. The Balaban J connectivity index is 0.000000254. The van der Waals surface area contributed by atoms with Gasteiger partial charge in [-0.3, -0.25) is 0 Å². The quantitative estimate of drug-likeness (QED) is 0.0981. The maximum atomic E-state index is 5.12. The largest absolute Gasteiger partial charge is 4.00 e. The Morgan fingerprint density at radius 1 is 0.500 bits per heavy atom. The average molecular weight is 918 g/mol. The van der Waals surface area contributed by atoms with E-state index in [4.69, 9.17) is 9.97 Å². The summed E-state index contributed by atoms with van der Waals surface area (Å²) in [6.45, 7) is 29.0. The molecule has 0 amide bonds. The van der Waals surface area contributed by atoms with Gasteiger partial charge >= 0.3 is 25.8 Å². The summed E-state index contributed by atoms with van der Waals surface area (Å²) in [5.41, 5.74) is 10.4. The molecule has 0 atom stereocenters. The first-order valence-corrected chi connectivity index (χ1v) is 19.6. The molecule has 4 heteroatoms. The van der Waals surface area contributed by atoms with Crippen LogP contribution < -0.4 is 4.98 Å². The summed E-state index contributed by atoms with van der Waals surface area (Å²) in [6, 6.07) is 50.1. The molecule has 6 aromatic carbocycles. The van der Waals surface area contributed by atoms with Crippen LogP contribution in [0.4, 0.5) is 0 Å². The maximum absolute atomic E-state index is 5.12. The van der Waals surface area contributed by atoms with Crippen LogP contribution in [0.1, 0.15) is 79.9 Å². The SMILES string of the molecule is Cc1nc(-c2ccc(-c3c4ccc(C(C)(C)C)cc4cc4ccc(C(C)(C)C)cc34)[n-]2)sc1C.[CH2-]c1ccccc1.[CH2-]c1ccccc1.[CH2-]c1ccccc1.[Hf+4]. The molecule has 0 bridgehead atoms. The molecule has 0 unspecified atom stereocenters. The Labute approximate surface area is 359 Å². The third kappa shape index (κ3) is 11.9. The van der Waals surface area contributed by atoms with Gasteiger partial charge in [-0.05, 0) is 69.0 Å². The Morgan fingerprint density at radius 3 is 1.39 bits per heavy atom. The fourth-order valence-electron chi connectivity index (χ4n) is 5.97. The van der Waals surface area contributed by atoms with Crippen LogP contribution >= 0.6 is 11.3 Å². The zero-order chi connectivity index (χ0) is 39.8. The van der Waals surface area contributed by atoms with Crippen molar-refractivity contribution in [1.82, 2.24) is 9.97 Å². The first kappa shape index (κ1) is 44.0. The van der Waals surface area contributed by atoms with E-state index in [1.54, 1.807) is 11.3 Å². The van der Waals surface area contributed by atoms with Gasteiger partial charge in [0.15, 0.2) is 0 Å². The minimum atomic E-state index is 0. The van der Waals surface area contributed by atoms with Crippen molar-refractivity contribution in [3.05, 3.63) is 205 Å². The van der Waals surface area contributed by atoms with Crippen molar-refractivity contribution in [2.75, 3.05) is 0 Å². The monoisotopic (exact) mass is 918 g/mol. The van der Waals surface area contributed by atoms with Crippen LogP contribution in [0.15, 0.2) is 146 Å². The molecule has 0 aliphatic carbocycles. The van der Waals surface area contributed by atoms with E-state index in [2.05, 4.69) is 131 Å². The number of benzene rings is 6. The van der Waals surface area contributed by atoms with E-state index < -0.39 is 0 Å². The van der Waals surface area contributed by atoms with Gasteiger partial charge in [-0.2, -0.15) is 73.9 Å². The second-order valence-corrected chi connectivity index (χ2v) is 17.2. The first-order chi connectivity index (χ1) is 26.1. The molecule has 8 aromatic rings. The zero-order valence-electron chi connectivity index (χ0n) is 34.3. The van der Waals surface area contributed by atoms with E-state index >= 15 is 0 Å². The summed E-state index contributed by atoms with van der Waals surface area (Å²) in [4.78, 5) is 11.1. The summed E-state index contributed by atoms with van der Waals surface area (Å²) in [5.74, 6) is 0. The number of nitrogens with zero attached hydrogens (tertiary/aromatic N) is 2. The van der Waals surface area contributed by atoms with Crippen LogP contribution in [-0.4, -0.2) is 4.98 Å². The summed E-state index contributed by atoms with van der Waals surface area (Å²) in [6.07, 6.45) is 0. The normalized spacial score (nSPS) is 10.9. The molecule has 0 saturated carbocycles. The minimum absolute atomic E-state index is 0. The average Bonchev–Trinajstić information content (AvgIpc) is 3.77. The number of thiazole rings is 1. The molecule has 2 aromatic heterocycles. The second kappa shape index (κ2) is 19.4. The fraction of sp³-hybridized carbons (Fsp3) is 0.192. The molecule has 0 aliphatic heterocycles. The van der Waals surface area contributed by atoms with Crippen LogP contribution in [0.25, 0.3) is 43.5 Å². The molecule has 0 radical (unpaired) electrons. The van der Waals surface area contributed by atoms with E-state index in [-0.39, 0.29) is 36.7 Å². The van der Waals surface area contributed by atoms with Crippen molar-refractivity contribution >= 4 is 32.9 Å². The molecule has 2 nitrogen and oxygen atoms in total. The van der Waals surface area contributed by atoms with Gasteiger partial charge in [0, 0.05) is 4.88 Å². The van der Waals surface area contributed by atoms with Crippen molar-refractivity contribution in [2.45, 2.75) is 66.2 Å². The zero-order valence-corrected chi connectivity index (χ0v) is 38.7. The topological polar surface area (TPSA) is 27.0 Å². The number of rotatable bonds is 2. The van der Waals surface area contributed by atoms with E-state index in [9.17, 15) is 0 Å². The summed E-state index contributed by atoms with van der Waals surface area (Å²) in [5, 5.41) is 6.04. The Bertz CT molecular complexity index is 2320.